The van der Waals surface area contributed by atoms with Gasteiger partial charge in [-0.15, -0.1) is 0 Å². The highest BCUT2D eigenvalue weighted by Crippen LogP contribution is 2.42. The molecule has 0 unspecified atom stereocenters. The van der Waals surface area contributed by atoms with Crippen molar-refractivity contribution in [2.24, 2.45) is 0 Å². The fraction of sp³-hybridized carbons (Fsp3) is 0.625. The second kappa shape index (κ2) is 7.20. The van der Waals surface area contributed by atoms with Gasteiger partial charge in [0.25, 0.3) is 0 Å². The number of rotatable bonds is 5. The van der Waals surface area contributed by atoms with Crippen LogP contribution in [0.1, 0.15) is 18.8 Å². The van der Waals surface area contributed by atoms with Crippen molar-refractivity contribution in [3.8, 4) is 5.75 Å². The molecule has 2 aliphatic heterocycles. The number of alkyl halides is 1. The van der Waals surface area contributed by atoms with Gasteiger partial charge in [-0.25, -0.2) is 0 Å². The Kier molecular flexibility index (Phi) is 5.44. The fourth-order valence-corrected chi connectivity index (χ4v) is 3.63. The smallest absolute Gasteiger partial charge is 0.191 e. The van der Waals surface area contributed by atoms with E-state index in [0.29, 0.717) is 11.0 Å². The van der Waals surface area contributed by atoms with Crippen LogP contribution in [-0.4, -0.2) is 54.0 Å². The van der Waals surface area contributed by atoms with Gasteiger partial charge in [0.15, 0.2) is 18.2 Å². The molecule has 3 rings (SSSR count). The number of hydrogen-bond acceptors (Lipinski definition) is 6. The first-order chi connectivity index (χ1) is 11.1. The maximum Gasteiger partial charge on any atom is 0.191 e. The number of fused-ring (bicyclic) bond motifs is 1. The van der Waals surface area contributed by atoms with Crippen molar-refractivity contribution in [3.05, 3.63) is 29.8 Å². The third kappa shape index (κ3) is 3.22. The number of halogens is 1. The molecule has 0 radical (unpaired) electrons. The summed E-state index contributed by atoms with van der Waals surface area (Å²) < 4.78 is 29.1. The predicted octanol–water partition coefficient (Wildman–Crippen LogP) is 2.04. The summed E-state index contributed by atoms with van der Waals surface area (Å²) in [5, 5.41) is 10.9. The van der Waals surface area contributed by atoms with Gasteiger partial charge in [0.1, 0.15) is 11.9 Å². The molecule has 0 aromatic heterocycles. The van der Waals surface area contributed by atoms with Crippen LogP contribution < -0.4 is 4.74 Å². The first-order valence-corrected chi connectivity index (χ1v) is 9.11. The molecule has 6 nitrogen and oxygen atoms in total. The number of hydrogen-bond donors (Lipinski definition) is 1. The summed E-state index contributed by atoms with van der Waals surface area (Å²) in [6.07, 6.45) is -2.04. The minimum atomic E-state index is -1.29. The lowest BCUT2D eigenvalue weighted by molar-refractivity contribution is -0.306. The molecule has 0 amide bonds. The second-order valence-corrected chi connectivity index (χ2v) is 6.46. The third-order valence-electron chi connectivity index (χ3n) is 4.11. The van der Waals surface area contributed by atoms with Crippen LogP contribution in [0.15, 0.2) is 24.3 Å². The van der Waals surface area contributed by atoms with E-state index in [1.165, 1.54) is 0 Å². The summed E-state index contributed by atoms with van der Waals surface area (Å²) in [4.78, 5) is 0. The van der Waals surface area contributed by atoms with E-state index in [-0.39, 0.29) is 12.7 Å². The quantitative estimate of drug-likeness (QED) is 0.563. The first kappa shape index (κ1) is 17.4. The second-order valence-electron chi connectivity index (χ2n) is 5.58. The van der Waals surface area contributed by atoms with Gasteiger partial charge in [0.05, 0.1) is 19.8 Å². The van der Waals surface area contributed by atoms with Crippen molar-refractivity contribution in [2.75, 3.05) is 24.8 Å². The summed E-state index contributed by atoms with van der Waals surface area (Å²) in [6.45, 7) is 2.41. The van der Waals surface area contributed by atoms with Crippen LogP contribution in [0.2, 0.25) is 0 Å². The van der Waals surface area contributed by atoms with Crippen LogP contribution in [0.3, 0.4) is 0 Å². The Balaban J connectivity index is 1.81. The summed E-state index contributed by atoms with van der Waals surface area (Å²) in [5.74, 6) is 0.732. The summed E-state index contributed by atoms with van der Waals surface area (Å²) in [5.41, 5.74) is -0.445. The number of aliphatic hydroxyl groups is 1. The summed E-state index contributed by atoms with van der Waals surface area (Å²) >= 11 is 2.22. The predicted molar refractivity (Wildman–Crippen MR) is 90.7 cm³/mol. The topological polar surface area (TPSA) is 66.4 Å². The van der Waals surface area contributed by atoms with Gasteiger partial charge in [0, 0.05) is 16.6 Å². The lowest BCUT2D eigenvalue weighted by atomic mass is 9.95. The summed E-state index contributed by atoms with van der Waals surface area (Å²) in [7, 11) is 1.62. The Morgan fingerprint density at radius 1 is 1.39 bits per heavy atom. The molecule has 0 bridgehead atoms. The minimum absolute atomic E-state index is 0.0946. The monoisotopic (exact) mass is 436 g/mol. The summed E-state index contributed by atoms with van der Waals surface area (Å²) in [6, 6.07) is 7.52. The zero-order chi connectivity index (χ0) is 16.4. The average molecular weight is 436 g/mol. The van der Waals surface area contributed by atoms with Crippen molar-refractivity contribution in [2.45, 2.75) is 37.3 Å². The van der Waals surface area contributed by atoms with E-state index in [2.05, 4.69) is 22.6 Å². The van der Waals surface area contributed by atoms with E-state index in [4.69, 9.17) is 23.7 Å². The lowest BCUT2D eigenvalue weighted by Crippen LogP contribution is -2.57. The fourth-order valence-electron chi connectivity index (χ4n) is 2.96. The van der Waals surface area contributed by atoms with E-state index in [0.717, 1.165) is 11.3 Å². The lowest BCUT2D eigenvalue weighted by Gasteiger charge is -2.40. The Morgan fingerprint density at radius 3 is 2.91 bits per heavy atom. The van der Waals surface area contributed by atoms with Gasteiger partial charge in [0.2, 0.25) is 0 Å². The standard InChI is InChI=1S/C16H21IO6/c1-3-20-15-16(18)9-21-14(23-13(16)12(8-17)22-15)10-5-4-6-11(7-10)19-2/h4-7,12-15,18H,3,8-9H2,1-2H3/t12-,13-,14+,15+,16+/m1/s1. The molecule has 0 spiro atoms. The van der Waals surface area contributed by atoms with E-state index >= 15 is 0 Å². The average Bonchev–Trinajstić information content (AvgIpc) is 2.86. The molecule has 1 aromatic carbocycles. The Morgan fingerprint density at radius 2 is 2.22 bits per heavy atom. The van der Waals surface area contributed by atoms with E-state index in [9.17, 15) is 5.11 Å². The van der Waals surface area contributed by atoms with Gasteiger partial charge < -0.3 is 28.8 Å². The molecular weight excluding hydrogens is 415 g/mol. The van der Waals surface area contributed by atoms with Crippen LogP contribution >= 0.6 is 22.6 Å². The molecule has 7 heteroatoms. The molecule has 0 saturated carbocycles. The maximum atomic E-state index is 10.9. The highest BCUT2D eigenvalue weighted by Gasteiger charge is 2.60. The molecule has 5 atom stereocenters. The van der Waals surface area contributed by atoms with Crippen LogP contribution in [0, 0.1) is 0 Å². The normalized spacial score (nSPS) is 36.7. The van der Waals surface area contributed by atoms with Crippen LogP contribution in [0.25, 0.3) is 0 Å². The number of methoxy groups -OCH3 is 1. The molecule has 2 heterocycles. The molecule has 128 valence electrons. The minimum Gasteiger partial charge on any atom is -0.497 e. The number of ether oxygens (including phenoxy) is 5. The Labute approximate surface area is 149 Å². The third-order valence-corrected chi connectivity index (χ3v) is 4.98. The molecule has 2 aliphatic rings. The van der Waals surface area contributed by atoms with E-state index in [1.807, 2.05) is 31.2 Å². The molecule has 1 aromatic rings. The SMILES string of the molecule is CCO[C@H]1O[C@H](CI)[C@H]2O[C@@H](c3cccc(OC)c3)OC[C@@]12O. The molecule has 1 N–H and O–H groups in total. The van der Waals surface area contributed by atoms with E-state index in [1.54, 1.807) is 7.11 Å². The highest BCUT2D eigenvalue weighted by atomic mass is 127. The molecule has 2 saturated heterocycles. The zero-order valence-electron chi connectivity index (χ0n) is 13.1. The Bertz CT molecular complexity index is 541. The van der Waals surface area contributed by atoms with Crippen LogP contribution in [0.4, 0.5) is 0 Å². The van der Waals surface area contributed by atoms with Crippen molar-refractivity contribution in [1.82, 2.24) is 0 Å². The molecule has 0 aliphatic carbocycles. The maximum absolute atomic E-state index is 10.9. The van der Waals surface area contributed by atoms with Gasteiger partial charge >= 0.3 is 0 Å². The van der Waals surface area contributed by atoms with Gasteiger partial charge in [-0.2, -0.15) is 0 Å². The van der Waals surface area contributed by atoms with E-state index < -0.39 is 24.3 Å². The van der Waals surface area contributed by atoms with Gasteiger partial charge in [-0.05, 0) is 19.1 Å². The van der Waals surface area contributed by atoms with Gasteiger partial charge in [-0.1, -0.05) is 34.7 Å². The van der Waals surface area contributed by atoms with Crippen molar-refractivity contribution < 1.29 is 28.8 Å². The number of benzene rings is 1. The molecule has 2 fully saturated rings. The first-order valence-electron chi connectivity index (χ1n) is 7.58. The van der Waals surface area contributed by atoms with Crippen molar-refractivity contribution in [3.63, 3.8) is 0 Å². The highest BCUT2D eigenvalue weighted by molar-refractivity contribution is 14.1. The molecular formula is C16H21IO6. The van der Waals surface area contributed by atoms with Crippen molar-refractivity contribution in [1.29, 1.82) is 0 Å². The zero-order valence-corrected chi connectivity index (χ0v) is 15.3. The van der Waals surface area contributed by atoms with Crippen LogP contribution in [0.5, 0.6) is 5.75 Å². The molecule has 23 heavy (non-hydrogen) atoms. The Hall–Kier alpha value is -0.450. The van der Waals surface area contributed by atoms with Crippen molar-refractivity contribution >= 4 is 22.6 Å². The van der Waals surface area contributed by atoms with Gasteiger partial charge in [-0.3, -0.25) is 0 Å². The largest absolute Gasteiger partial charge is 0.497 e. The van der Waals surface area contributed by atoms with Crippen LogP contribution in [-0.2, 0) is 18.9 Å².